The van der Waals surface area contributed by atoms with Crippen molar-refractivity contribution in [1.29, 1.82) is 0 Å². The number of nitrogens with zero attached hydrogens (tertiary/aromatic N) is 2. The quantitative estimate of drug-likeness (QED) is 0.800. The first kappa shape index (κ1) is 18.2. The van der Waals surface area contributed by atoms with Crippen molar-refractivity contribution in [3.05, 3.63) is 24.3 Å². The second-order valence-corrected chi connectivity index (χ2v) is 8.88. The van der Waals surface area contributed by atoms with E-state index in [1.54, 1.807) is 18.2 Å². The summed E-state index contributed by atoms with van der Waals surface area (Å²) >= 11 is 0. The third-order valence-electron chi connectivity index (χ3n) is 5.32. The van der Waals surface area contributed by atoms with E-state index < -0.39 is 15.4 Å². The number of carbonyl (C=O) groups excluding carboxylic acids is 1. The van der Waals surface area contributed by atoms with Gasteiger partial charge in [0.1, 0.15) is 5.75 Å². The molecule has 1 aromatic carbocycles. The number of amides is 1. The number of benzene rings is 1. The Kier molecular flexibility index (Phi) is 5.06. The molecule has 1 atom stereocenters. The number of methoxy groups -OCH3 is 1. The molecule has 0 radical (unpaired) electrons. The van der Waals surface area contributed by atoms with E-state index in [9.17, 15) is 13.2 Å². The van der Waals surface area contributed by atoms with Gasteiger partial charge in [-0.3, -0.25) is 4.79 Å². The van der Waals surface area contributed by atoms with Crippen molar-refractivity contribution < 1.29 is 17.9 Å². The minimum absolute atomic E-state index is 0.129. The minimum atomic E-state index is -3.62. The lowest BCUT2D eigenvalue weighted by Crippen LogP contribution is -2.50. The maximum atomic E-state index is 13.0. The zero-order valence-electron chi connectivity index (χ0n) is 14.9. The van der Waals surface area contributed by atoms with Crippen molar-refractivity contribution in [3.63, 3.8) is 0 Å². The maximum Gasteiger partial charge on any atom is 0.243 e. The highest BCUT2D eigenvalue weighted by molar-refractivity contribution is 7.89. The highest BCUT2D eigenvalue weighted by Gasteiger charge is 2.50. The highest BCUT2D eigenvalue weighted by atomic mass is 32.2. The first-order chi connectivity index (χ1) is 11.9. The Morgan fingerprint density at radius 2 is 2.04 bits per heavy atom. The van der Waals surface area contributed by atoms with Crippen LogP contribution in [-0.4, -0.2) is 56.8 Å². The van der Waals surface area contributed by atoms with Crippen molar-refractivity contribution in [2.75, 3.05) is 33.3 Å². The lowest BCUT2D eigenvalue weighted by atomic mass is 9.78. The lowest BCUT2D eigenvalue weighted by molar-refractivity contribution is -0.145. The molecule has 138 valence electrons. The fourth-order valence-electron chi connectivity index (χ4n) is 3.96. The van der Waals surface area contributed by atoms with Crippen LogP contribution in [0.5, 0.6) is 5.75 Å². The Labute approximate surface area is 149 Å². The predicted octanol–water partition coefficient (Wildman–Crippen LogP) is 2.11. The largest absolute Gasteiger partial charge is 0.497 e. The fourth-order valence-corrected chi connectivity index (χ4v) is 5.53. The second kappa shape index (κ2) is 6.96. The molecular weight excluding hydrogens is 340 g/mol. The van der Waals surface area contributed by atoms with Crippen LogP contribution in [0, 0.1) is 5.41 Å². The SMILES string of the molecule is CCCN1CCC[C@]2(CCN(S(=O)(=O)c3cccc(OC)c3)C2)C1=O. The van der Waals surface area contributed by atoms with Gasteiger partial charge < -0.3 is 9.64 Å². The van der Waals surface area contributed by atoms with E-state index in [0.717, 1.165) is 32.4 Å². The van der Waals surface area contributed by atoms with E-state index in [2.05, 4.69) is 6.92 Å². The standard InChI is InChI=1S/C18H26N2O4S/c1-3-10-19-11-5-8-18(17(19)21)9-12-20(14-18)25(22,23)16-7-4-6-15(13-16)24-2/h4,6-7,13H,3,5,8-12,14H2,1-2H3/t18-/m1/s1. The highest BCUT2D eigenvalue weighted by Crippen LogP contribution is 2.42. The molecule has 2 saturated heterocycles. The molecule has 7 heteroatoms. The summed E-state index contributed by atoms with van der Waals surface area (Å²) in [6.07, 6.45) is 3.25. The van der Waals surface area contributed by atoms with Gasteiger partial charge in [-0.25, -0.2) is 8.42 Å². The number of hydrogen-bond acceptors (Lipinski definition) is 4. The van der Waals surface area contributed by atoms with Crippen molar-refractivity contribution >= 4 is 15.9 Å². The third-order valence-corrected chi connectivity index (χ3v) is 7.16. The molecule has 2 heterocycles. The number of hydrogen-bond donors (Lipinski definition) is 0. The summed E-state index contributed by atoms with van der Waals surface area (Å²) in [6.45, 7) is 4.28. The summed E-state index contributed by atoms with van der Waals surface area (Å²) in [7, 11) is -2.10. The minimum Gasteiger partial charge on any atom is -0.497 e. The van der Waals surface area contributed by atoms with Crippen LogP contribution in [0.3, 0.4) is 0 Å². The number of piperidine rings is 1. The van der Waals surface area contributed by atoms with E-state index in [-0.39, 0.29) is 17.3 Å². The molecule has 0 N–H and O–H groups in total. The molecule has 0 bridgehead atoms. The molecule has 6 nitrogen and oxygen atoms in total. The number of likely N-dealkylation sites (tertiary alicyclic amines) is 1. The van der Waals surface area contributed by atoms with E-state index in [1.165, 1.54) is 17.5 Å². The molecule has 0 saturated carbocycles. The van der Waals surface area contributed by atoms with Crippen LogP contribution in [0.4, 0.5) is 0 Å². The number of sulfonamides is 1. The number of rotatable bonds is 5. The van der Waals surface area contributed by atoms with Crippen LogP contribution < -0.4 is 4.74 Å². The zero-order chi connectivity index (χ0) is 18.1. The van der Waals surface area contributed by atoms with Crippen LogP contribution in [-0.2, 0) is 14.8 Å². The van der Waals surface area contributed by atoms with Gasteiger partial charge in [-0.15, -0.1) is 0 Å². The van der Waals surface area contributed by atoms with Gasteiger partial charge in [-0.1, -0.05) is 13.0 Å². The summed E-state index contributed by atoms with van der Waals surface area (Å²) in [5.74, 6) is 0.641. The van der Waals surface area contributed by atoms with Gasteiger partial charge in [-0.05, 0) is 37.8 Å². The molecule has 2 aliphatic rings. The number of ether oxygens (including phenoxy) is 1. The van der Waals surface area contributed by atoms with E-state index in [4.69, 9.17) is 4.74 Å². The molecule has 0 unspecified atom stereocenters. The van der Waals surface area contributed by atoms with Crippen LogP contribution in [0.25, 0.3) is 0 Å². The van der Waals surface area contributed by atoms with Gasteiger partial charge in [0.05, 0.1) is 17.4 Å². The average Bonchev–Trinajstić information content (AvgIpc) is 3.05. The molecular formula is C18H26N2O4S. The van der Waals surface area contributed by atoms with E-state index >= 15 is 0 Å². The summed E-state index contributed by atoms with van der Waals surface area (Å²) in [6, 6.07) is 6.51. The van der Waals surface area contributed by atoms with Crippen LogP contribution in [0.1, 0.15) is 32.6 Å². The van der Waals surface area contributed by atoms with Crippen molar-refractivity contribution in [2.24, 2.45) is 5.41 Å². The lowest BCUT2D eigenvalue weighted by Gasteiger charge is -2.39. The van der Waals surface area contributed by atoms with Gasteiger partial charge in [0, 0.05) is 32.2 Å². The Bertz CT molecular complexity index is 747. The van der Waals surface area contributed by atoms with E-state index in [1.807, 2.05) is 4.90 Å². The normalized spacial score (nSPS) is 24.9. The Morgan fingerprint density at radius 3 is 2.76 bits per heavy atom. The number of carbonyl (C=O) groups is 1. The van der Waals surface area contributed by atoms with Gasteiger partial charge >= 0.3 is 0 Å². The summed E-state index contributed by atoms with van der Waals surface area (Å²) < 4.78 is 32.6. The molecule has 3 rings (SSSR count). The molecule has 25 heavy (non-hydrogen) atoms. The van der Waals surface area contributed by atoms with E-state index in [0.29, 0.717) is 18.7 Å². The van der Waals surface area contributed by atoms with Gasteiger partial charge in [0.25, 0.3) is 0 Å². The molecule has 2 aliphatic heterocycles. The third kappa shape index (κ3) is 3.27. The van der Waals surface area contributed by atoms with Crippen LogP contribution in [0.2, 0.25) is 0 Å². The Balaban J connectivity index is 1.83. The van der Waals surface area contributed by atoms with Crippen molar-refractivity contribution in [2.45, 2.75) is 37.5 Å². The molecule has 0 aliphatic carbocycles. The van der Waals surface area contributed by atoms with Crippen molar-refractivity contribution in [3.8, 4) is 5.75 Å². The predicted molar refractivity (Wildman–Crippen MR) is 94.9 cm³/mol. The summed E-state index contributed by atoms with van der Waals surface area (Å²) in [4.78, 5) is 15.1. The maximum absolute atomic E-state index is 13.0. The monoisotopic (exact) mass is 366 g/mol. The van der Waals surface area contributed by atoms with Crippen LogP contribution >= 0.6 is 0 Å². The molecule has 1 aromatic rings. The van der Waals surface area contributed by atoms with Gasteiger partial charge in [0.15, 0.2) is 0 Å². The molecule has 2 fully saturated rings. The second-order valence-electron chi connectivity index (χ2n) is 6.94. The van der Waals surface area contributed by atoms with Crippen LogP contribution in [0.15, 0.2) is 29.2 Å². The summed E-state index contributed by atoms with van der Waals surface area (Å²) in [5, 5.41) is 0. The fraction of sp³-hybridized carbons (Fsp3) is 0.611. The van der Waals surface area contributed by atoms with Gasteiger partial charge in [-0.2, -0.15) is 4.31 Å². The summed E-state index contributed by atoms with van der Waals surface area (Å²) in [5.41, 5.74) is -0.542. The Morgan fingerprint density at radius 1 is 1.24 bits per heavy atom. The average molecular weight is 366 g/mol. The molecule has 0 aromatic heterocycles. The smallest absolute Gasteiger partial charge is 0.243 e. The first-order valence-electron chi connectivity index (χ1n) is 8.86. The molecule has 1 amide bonds. The van der Waals surface area contributed by atoms with Gasteiger partial charge in [0.2, 0.25) is 15.9 Å². The first-order valence-corrected chi connectivity index (χ1v) is 10.3. The molecule has 1 spiro atoms. The zero-order valence-corrected chi connectivity index (χ0v) is 15.7. The Hall–Kier alpha value is -1.60. The van der Waals surface area contributed by atoms with Crippen molar-refractivity contribution in [1.82, 2.24) is 9.21 Å². The topological polar surface area (TPSA) is 66.9 Å².